The standard InChI is InChI=1S/C17H28N2/c1-13-7-5-8-16(11-13)14(2)18-15(3)17-9-6-10-19(4)12-17/h5,7-8,11,14-15,17-18H,6,9-10,12H2,1-4H3/t14-,15?,17?/m1/s1. The summed E-state index contributed by atoms with van der Waals surface area (Å²) in [6.07, 6.45) is 2.70. The lowest BCUT2D eigenvalue weighted by Crippen LogP contribution is -2.43. The number of aryl methyl sites for hydroxylation is 1. The maximum absolute atomic E-state index is 3.79. The minimum absolute atomic E-state index is 0.433. The molecule has 1 aromatic rings. The molecule has 2 unspecified atom stereocenters. The van der Waals surface area contributed by atoms with Gasteiger partial charge in [-0.15, -0.1) is 0 Å². The Morgan fingerprint density at radius 2 is 2.11 bits per heavy atom. The number of hydrogen-bond acceptors (Lipinski definition) is 2. The van der Waals surface area contributed by atoms with Crippen molar-refractivity contribution in [3.63, 3.8) is 0 Å². The third-order valence-corrected chi connectivity index (χ3v) is 4.42. The normalized spacial score (nSPS) is 24.1. The van der Waals surface area contributed by atoms with Gasteiger partial charge in [0, 0.05) is 18.6 Å². The van der Waals surface area contributed by atoms with E-state index in [-0.39, 0.29) is 0 Å². The predicted octanol–water partition coefficient (Wildman–Crippen LogP) is 3.38. The second-order valence-electron chi connectivity index (χ2n) is 6.26. The molecule has 1 N–H and O–H groups in total. The summed E-state index contributed by atoms with van der Waals surface area (Å²) in [6, 6.07) is 9.85. The summed E-state index contributed by atoms with van der Waals surface area (Å²) in [5, 5.41) is 3.79. The van der Waals surface area contributed by atoms with Crippen LogP contribution in [0, 0.1) is 12.8 Å². The molecule has 1 heterocycles. The third kappa shape index (κ3) is 4.05. The first-order chi connectivity index (χ1) is 9.06. The van der Waals surface area contributed by atoms with Crippen molar-refractivity contribution >= 4 is 0 Å². The van der Waals surface area contributed by atoms with E-state index in [4.69, 9.17) is 0 Å². The van der Waals surface area contributed by atoms with Crippen LogP contribution in [-0.2, 0) is 0 Å². The summed E-state index contributed by atoms with van der Waals surface area (Å²) < 4.78 is 0. The van der Waals surface area contributed by atoms with Gasteiger partial charge >= 0.3 is 0 Å². The molecule has 0 aliphatic carbocycles. The molecular weight excluding hydrogens is 232 g/mol. The Balaban J connectivity index is 1.92. The highest BCUT2D eigenvalue weighted by atomic mass is 15.1. The number of likely N-dealkylation sites (tertiary alicyclic amines) is 1. The summed E-state index contributed by atoms with van der Waals surface area (Å²) in [7, 11) is 2.24. The Kier molecular flexibility index (Phi) is 5.00. The van der Waals surface area contributed by atoms with Crippen LogP contribution in [-0.4, -0.2) is 31.1 Å². The molecule has 19 heavy (non-hydrogen) atoms. The molecule has 2 heteroatoms. The summed E-state index contributed by atoms with van der Waals surface area (Å²) in [5.74, 6) is 0.783. The van der Waals surface area contributed by atoms with E-state index in [0.717, 1.165) is 5.92 Å². The quantitative estimate of drug-likeness (QED) is 0.893. The maximum atomic E-state index is 3.79. The number of rotatable bonds is 4. The van der Waals surface area contributed by atoms with Crippen LogP contribution in [0.1, 0.15) is 43.9 Å². The van der Waals surface area contributed by atoms with Crippen molar-refractivity contribution in [1.82, 2.24) is 10.2 Å². The highest BCUT2D eigenvalue weighted by molar-refractivity contribution is 5.24. The van der Waals surface area contributed by atoms with E-state index in [1.165, 1.54) is 37.1 Å². The third-order valence-electron chi connectivity index (χ3n) is 4.42. The zero-order chi connectivity index (χ0) is 13.8. The summed E-state index contributed by atoms with van der Waals surface area (Å²) in [5.41, 5.74) is 2.74. The van der Waals surface area contributed by atoms with Crippen molar-refractivity contribution in [3.8, 4) is 0 Å². The smallest absolute Gasteiger partial charge is 0.0294 e. The van der Waals surface area contributed by atoms with E-state index in [1.807, 2.05) is 0 Å². The van der Waals surface area contributed by atoms with Gasteiger partial charge in [0.05, 0.1) is 0 Å². The molecule has 1 aromatic carbocycles. The molecule has 3 atom stereocenters. The fraction of sp³-hybridized carbons (Fsp3) is 0.647. The number of nitrogens with zero attached hydrogens (tertiary/aromatic N) is 1. The number of benzene rings is 1. The minimum Gasteiger partial charge on any atom is -0.307 e. The molecule has 2 rings (SSSR count). The molecule has 1 aliphatic rings. The van der Waals surface area contributed by atoms with Crippen LogP contribution >= 0.6 is 0 Å². The molecule has 1 aliphatic heterocycles. The van der Waals surface area contributed by atoms with Crippen molar-refractivity contribution in [2.24, 2.45) is 5.92 Å². The molecule has 0 amide bonds. The van der Waals surface area contributed by atoms with Gasteiger partial charge in [-0.25, -0.2) is 0 Å². The number of piperidine rings is 1. The van der Waals surface area contributed by atoms with Crippen LogP contribution in [0.2, 0.25) is 0 Å². The second-order valence-corrected chi connectivity index (χ2v) is 6.26. The Morgan fingerprint density at radius 3 is 2.79 bits per heavy atom. The Labute approximate surface area is 118 Å². The van der Waals surface area contributed by atoms with Crippen molar-refractivity contribution < 1.29 is 0 Å². The van der Waals surface area contributed by atoms with Crippen LogP contribution in [0.5, 0.6) is 0 Å². The van der Waals surface area contributed by atoms with Gasteiger partial charge in [-0.1, -0.05) is 29.8 Å². The lowest BCUT2D eigenvalue weighted by molar-refractivity contribution is 0.174. The number of hydrogen-bond donors (Lipinski definition) is 1. The van der Waals surface area contributed by atoms with Crippen molar-refractivity contribution in [2.45, 2.75) is 45.7 Å². The van der Waals surface area contributed by atoms with E-state index in [9.17, 15) is 0 Å². The predicted molar refractivity (Wildman–Crippen MR) is 82.4 cm³/mol. The molecule has 0 saturated carbocycles. The van der Waals surface area contributed by atoms with Gasteiger partial charge in [-0.3, -0.25) is 0 Å². The molecule has 0 bridgehead atoms. The topological polar surface area (TPSA) is 15.3 Å². The van der Waals surface area contributed by atoms with Crippen molar-refractivity contribution in [1.29, 1.82) is 0 Å². The van der Waals surface area contributed by atoms with Gasteiger partial charge in [0.25, 0.3) is 0 Å². The van der Waals surface area contributed by atoms with E-state index < -0.39 is 0 Å². The Bertz CT molecular complexity index is 402. The molecule has 0 spiro atoms. The van der Waals surface area contributed by atoms with Gasteiger partial charge in [-0.05, 0) is 58.7 Å². The molecule has 2 nitrogen and oxygen atoms in total. The zero-order valence-electron chi connectivity index (χ0n) is 12.8. The Hall–Kier alpha value is -0.860. The molecule has 1 fully saturated rings. The molecule has 0 aromatic heterocycles. The molecular formula is C17H28N2. The molecule has 0 radical (unpaired) electrons. The van der Waals surface area contributed by atoms with Crippen LogP contribution in [0.25, 0.3) is 0 Å². The van der Waals surface area contributed by atoms with Crippen molar-refractivity contribution in [2.75, 3.05) is 20.1 Å². The van der Waals surface area contributed by atoms with Gasteiger partial charge in [-0.2, -0.15) is 0 Å². The minimum atomic E-state index is 0.433. The molecule has 1 saturated heterocycles. The molecule has 106 valence electrons. The lowest BCUT2D eigenvalue weighted by atomic mass is 9.91. The maximum Gasteiger partial charge on any atom is 0.0294 e. The second kappa shape index (κ2) is 6.53. The summed E-state index contributed by atoms with van der Waals surface area (Å²) in [6.45, 7) is 9.27. The average Bonchev–Trinajstić information content (AvgIpc) is 2.38. The van der Waals surface area contributed by atoms with Gasteiger partial charge < -0.3 is 10.2 Å². The first-order valence-electron chi connectivity index (χ1n) is 7.57. The zero-order valence-corrected chi connectivity index (χ0v) is 12.8. The van der Waals surface area contributed by atoms with E-state index in [1.54, 1.807) is 0 Å². The monoisotopic (exact) mass is 260 g/mol. The van der Waals surface area contributed by atoms with Crippen LogP contribution in [0.15, 0.2) is 24.3 Å². The van der Waals surface area contributed by atoms with E-state index >= 15 is 0 Å². The Morgan fingerprint density at radius 1 is 1.32 bits per heavy atom. The summed E-state index contributed by atoms with van der Waals surface area (Å²) >= 11 is 0. The van der Waals surface area contributed by atoms with Gasteiger partial charge in [0.1, 0.15) is 0 Å². The lowest BCUT2D eigenvalue weighted by Gasteiger charge is -2.35. The largest absolute Gasteiger partial charge is 0.307 e. The first-order valence-corrected chi connectivity index (χ1v) is 7.57. The highest BCUT2D eigenvalue weighted by Gasteiger charge is 2.23. The highest BCUT2D eigenvalue weighted by Crippen LogP contribution is 2.21. The van der Waals surface area contributed by atoms with Gasteiger partial charge in [0.15, 0.2) is 0 Å². The SMILES string of the molecule is Cc1cccc([C@@H](C)NC(C)C2CCCN(C)C2)c1. The summed E-state index contributed by atoms with van der Waals surface area (Å²) in [4.78, 5) is 2.46. The van der Waals surface area contributed by atoms with E-state index in [2.05, 4.69) is 62.3 Å². The first kappa shape index (κ1) is 14.5. The number of nitrogens with one attached hydrogen (secondary N) is 1. The van der Waals surface area contributed by atoms with Crippen molar-refractivity contribution in [3.05, 3.63) is 35.4 Å². The fourth-order valence-electron chi connectivity index (χ4n) is 3.18. The van der Waals surface area contributed by atoms with Crippen LogP contribution in [0.3, 0.4) is 0 Å². The average molecular weight is 260 g/mol. The van der Waals surface area contributed by atoms with E-state index in [0.29, 0.717) is 12.1 Å². The van der Waals surface area contributed by atoms with Crippen LogP contribution in [0.4, 0.5) is 0 Å². The van der Waals surface area contributed by atoms with Gasteiger partial charge in [0.2, 0.25) is 0 Å². The van der Waals surface area contributed by atoms with Crippen LogP contribution < -0.4 is 5.32 Å². The fourth-order valence-corrected chi connectivity index (χ4v) is 3.18.